The molecule has 0 heterocycles. The van der Waals surface area contributed by atoms with E-state index in [1.54, 1.807) is 0 Å². The minimum absolute atomic E-state index is 0.0557. The standard InChI is InChI=1S/2C14H27NO3.C14H29NO.2C13H25NO3.C13H26O.C12H29NS.C11H23NO/c2*1-13(2,3)11(17)9-7-8-10(16)12(18)15-14(4,5)6;1-13(2,3)11(10-15(7)8)9-12(16)14(4,5)6;2*1-12(2,3)10(16)8-7-9(15)11(17)14-13(4,5)6;1-11(2,3)10(14)9-13(7,8)12(4,5)6;1-11(2,3)9-10-14(7,8)13-12(4,5)6;1-10(2,3)8-7-9(13)12-11(4,5)6/h2*10,16H,7-9H2,1-6H3,(H,15,18);11H,9-10H2,1-8H3;2*9,15H,7-8H2,1-6H3,(H,14,17);9H2,1-8H3;13H,9-10H2,1-8H3;7-8H2,1-6H3,(H,12,13)/t2*10-;;2*9-;;;/m10.10.../s1. The molecule has 22 nitrogen and oxygen atoms in total. The lowest BCUT2D eigenvalue weighted by Gasteiger charge is -2.41. The van der Waals surface area contributed by atoms with Gasteiger partial charge < -0.3 is 51.9 Å². The van der Waals surface area contributed by atoms with Gasteiger partial charge in [-0.05, 0) is 241 Å². The Hall–Kier alpha value is -4.52. The van der Waals surface area contributed by atoms with Gasteiger partial charge in [0.1, 0.15) is 59.1 Å². The maximum absolute atomic E-state index is 12.1. The largest absolute Gasteiger partial charge is 0.383 e. The summed E-state index contributed by atoms with van der Waals surface area (Å²) in [6.07, 6.45) is 8.03. The lowest BCUT2D eigenvalue weighted by atomic mass is 9.65. The van der Waals surface area contributed by atoms with Gasteiger partial charge in [0.2, 0.25) is 29.5 Å². The number of nitrogens with one attached hydrogen (secondary N) is 6. The minimum Gasteiger partial charge on any atom is -0.383 e. The molecule has 0 aliphatic heterocycles. The number of aliphatic hydroxyl groups excluding tert-OH is 4. The number of Topliss-reactive ketones (excluding diaryl/α,β-unsaturated/α-hetero) is 6. The Kier molecular flexibility index (Phi) is 60.8. The van der Waals surface area contributed by atoms with Crippen molar-refractivity contribution in [2.45, 2.75) is 500 Å². The predicted octanol–water partition coefficient (Wildman–Crippen LogP) is 21.2. The molecule has 0 rings (SSSR count). The highest BCUT2D eigenvalue weighted by atomic mass is 32.3. The van der Waals surface area contributed by atoms with E-state index in [0.29, 0.717) is 80.7 Å². The van der Waals surface area contributed by atoms with Crippen molar-refractivity contribution in [3.05, 3.63) is 0 Å². The third-order valence-electron chi connectivity index (χ3n) is 19.7. The summed E-state index contributed by atoms with van der Waals surface area (Å²) in [4.78, 5) is 130. The lowest BCUT2D eigenvalue weighted by molar-refractivity contribution is -0.133. The molecular formula is C104H211N7O15S. The molecule has 1 unspecified atom stereocenters. The van der Waals surface area contributed by atoms with Crippen molar-refractivity contribution >= 4 is 74.4 Å². The highest BCUT2D eigenvalue weighted by molar-refractivity contribution is 8.31. The molecule has 5 atom stereocenters. The Balaban J connectivity index is -0.000000213. The summed E-state index contributed by atoms with van der Waals surface area (Å²) in [7, 11) is 3.52. The van der Waals surface area contributed by atoms with Gasteiger partial charge in [0.25, 0.3) is 0 Å². The number of rotatable bonds is 29. The molecule has 0 aromatic carbocycles. The fourth-order valence-electron chi connectivity index (χ4n) is 10.2. The van der Waals surface area contributed by atoms with Crippen LogP contribution < -0.4 is 31.3 Å². The summed E-state index contributed by atoms with van der Waals surface area (Å²) in [6, 6.07) is 0. The summed E-state index contributed by atoms with van der Waals surface area (Å²) in [5, 5.41) is 52.4. The molecular weight excluding hydrogens is 1620 g/mol. The first-order valence-electron chi connectivity index (χ1n) is 46.7. The number of carbonyl (C=O) groups is 11. The number of amides is 5. The van der Waals surface area contributed by atoms with Gasteiger partial charge >= 0.3 is 0 Å². The Morgan fingerprint density at radius 3 is 0.748 bits per heavy atom. The van der Waals surface area contributed by atoms with E-state index in [2.05, 4.69) is 181 Å². The van der Waals surface area contributed by atoms with Gasteiger partial charge in [-0.15, -0.1) is 0 Å². The van der Waals surface area contributed by atoms with Crippen molar-refractivity contribution in [1.82, 2.24) is 36.2 Å². The quantitative estimate of drug-likeness (QED) is 0.0333. The molecule has 0 saturated heterocycles. The Bertz CT molecular complexity index is 3120. The van der Waals surface area contributed by atoms with E-state index in [1.807, 2.05) is 228 Å². The zero-order valence-electron chi connectivity index (χ0n) is 93.0. The fraction of sp³-hybridized carbons (Fsp3) is 0.894. The highest BCUT2D eigenvalue weighted by Gasteiger charge is 2.39. The molecule has 0 aliphatic rings. The molecule has 127 heavy (non-hydrogen) atoms. The second-order valence-corrected chi connectivity index (χ2v) is 57.2. The van der Waals surface area contributed by atoms with Gasteiger partial charge in [-0.1, -0.05) is 222 Å². The molecule has 0 aromatic rings. The second kappa shape index (κ2) is 56.0. The van der Waals surface area contributed by atoms with E-state index in [9.17, 15) is 73.2 Å². The van der Waals surface area contributed by atoms with Crippen LogP contribution in [0.4, 0.5) is 0 Å². The van der Waals surface area contributed by atoms with Crippen LogP contribution in [0, 0.1) is 65.5 Å². The van der Waals surface area contributed by atoms with Crippen LogP contribution in [-0.2, 0) is 52.7 Å². The van der Waals surface area contributed by atoms with Crippen molar-refractivity contribution < 1.29 is 73.2 Å². The van der Waals surface area contributed by atoms with Crippen LogP contribution in [0.5, 0.6) is 0 Å². The van der Waals surface area contributed by atoms with E-state index < -0.39 is 57.3 Å². The van der Waals surface area contributed by atoms with E-state index in [4.69, 9.17) is 0 Å². The smallest absolute Gasteiger partial charge is 0.249 e. The average Bonchev–Trinajstić information content (AvgIpc) is 0.820. The van der Waals surface area contributed by atoms with Crippen LogP contribution >= 0.6 is 10.2 Å². The number of nitrogens with zero attached hydrogens (tertiary/aromatic N) is 1. The molecule has 758 valence electrons. The Labute approximate surface area is 784 Å². The molecule has 0 bridgehead atoms. The van der Waals surface area contributed by atoms with Crippen LogP contribution in [0.15, 0.2) is 0 Å². The third-order valence-corrected chi connectivity index (χ3v) is 22.1. The van der Waals surface area contributed by atoms with Crippen molar-refractivity contribution in [1.29, 1.82) is 0 Å². The maximum atomic E-state index is 12.1. The topological polar surface area (TPSA) is 344 Å². The first kappa shape index (κ1) is 138. The highest BCUT2D eigenvalue weighted by Crippen LogP contribution is 2.43. The van der Waals surface area contributed by atoms with Gasteiger partial charge in [0.05, 0.1) is 0 Å². The lowest BCUT2D eigenvalue weighted by Crippen LogP contribution is -2.46. The number of hydrogen-bond donors (Lipinski definition) is 10. The van der Waals surface area contributed by atoms with Crippen LogP contribution in [-0.4, -0.2) is 186 Å². The van der Waals surface area contributed by atoms with E-state index in [1.165, 1.54) is 12.2 Å². The molecule has 0 fully saturated rings. The van der Waals surface area contributed by atoms with Gasteiger partial charge in [0.15, 0.2) is 0 Å². The zero-order chi connectivity index (χ0) is 104. The van der Waals surface area contributed by atoms with E-state index in [0.717, 1.165) is 13.0 Å². The van der Waals surface area contributed by atoms with Crippen LogP contribution in [0.1, 0.15) is 442 Å². The first-order valence-corrected chi connectivity index (χ1v) is 49.3. The second-order valence-electron chi connectivity index (χ2n) is 53.5. The average molecular weight is 1830 g/mol. The van der Waals surface area contributed by atoms with Crippen molar-refractivity contribution in [2.24, 2.45) is 65.5 Å². The van der Waals surface area contributed by atoms with Crippen LogP contribution in [0.3, 0.4) is 0 Å². The Morgan fingerprint density at radius 2 is 0.543 bits per heavy atom. The van der Waals surface area contributed by atoms with Crippen molar-refractivity contribution in [2.75, 3.05) is 38.9 Å². The summed E-state index contributed by atoms with van der Waals surface area (Å²) in [5.41, 5.74) is -2.10. The van der Waals surface area contributed by atoms with Crippen molar-refractivity contribution in [3.63, 3.8) is 0 Å². The number of aliphatic hydroxyl groups is 4. The van der Waals surface area contributed by atoms with Crippen LogP contribution in [0.2, 0.25) is 0 Å². The molecule has 23 heteroatoms. The Morgan fingerprint density at radius 1 is 0.299 bits per heavy atom. The molecule has 0 aliphatic carbocycles. The summed E-state index contributed by atoms with van der Waals surface area (Å²) < 4.78 is 3.75. The molecule has 0 radical (unpaired) electrons. The number of hydrogen-bond acceptors (Lipinski definition) is 17. The van der Waals surface area contributed by atoms with Crippen molar-refractivity contribution in [3.8, 4) is 0 Å². The summed E-state index contributed by atoms with van der Waals surface area (Å²) in [5.74, 6) is 1.48. The summed E-state index contributed by atoms with van der Waals surface area (Å²) >= 11 is 0. The van der Waals surface area contributed by atoms with E-state index >= 15 is 0 Å². The number of ketones is 6. The van der Waals surface area contributed by atoms with Gasteiger partial charge in [0, 0.05) is 117 Å². The molecule has 0 spiro atoms. The monoisotopic (exact) mass is 1830 g/mol. The third kappa shape index (κ3) is 86.6. The van der Waals surface area contributed by atoms with Crippen LogP contribution in [0.25, 0.3) is 0 Å². The predicted molar refractivity (Wildman–Crippen MR) is 540 cm³/mol. The molecule has 10 N–H and O–H groups in total. The zero-order valence-corrected chi connectivity index (χ0v) is 93.9. The number of carbonyl (C=O) groups excluding carboxylic acids is 11. The SMILES string of the molecule is CC(C)(C)C(=O)CC(C)(C)C(C)(C)C.CC(C)(C)CCC(=O)NC(C)(C)C.CC(C)(C)CCS(C)(C)NC(C)(C)C.CC(C)(C)NC(=O)[C@@H](O)CCC(=O)C(C)(C)C.CC(C)(C)NC(=O)[C@@H](O)CCCC(=O)C(C)(C)C.CC(C)(C)NC(=O)[C@H](O)CCC(=O)C(C)(C)C.CC(C)(C)NC(=O)[C@H](O)CCCC(=O)C(C)(C)C.CN(C)CC(CC(=O)C(C)(C)C)C(C)(C)C. The van der Waals surface area contributed by atoms with Gasteiger partial charge in [-0.25, -0.2) is 0 Å². The fourth-order valence-corrected chi connectivity index (χ4v) is 13.1. The molecule has 0 aromatic heterocycles. The van der Waals surface area contributed by atoms with Gasteiger partial charge in [-0.2, -0.15) is 10.2 Å². The van der Waals surface area contributed by atoms with Gasteiger partial charge in [-0.3, -0.25) is 57.5 Å². The molecule has 0 saturated carbocycles. The summed E-state index contributed by atoms with van der Waals surface area (Å²) in [6.45, 7) is 101. The first-order chi connectivity index (χ1) is 55.1. The van der Waals surface area contributed by atoms with E-state index in [-0.39, 0.29) is 143 Å². The maximum Gasteiger partial charge on any atom is 0.249 e. The minimum atomic E-state index is -1.11. The molecule has 5 amide bonds. The normalized spacial score (nSPS) is 14.4.